The molecule has 84 valence electrons. The molecular weight excluding hydrogens is 365 g/mol. The second-order valence-electron chi connectivity index (χ2n) is 3.22. The third kappa shape index (κ3) is 2.55. The number of halogens is 4. The van der Waals surface area contributed by atoms with Gasteiger partial charge in [-0.2, -0.15) is 0 Å². The Bertz CT molecular complexity index is 512. The van der Waals surface area contributed by atoms with E-state index in [2.05, 4.69) is 22.6 Å². The van der Waals surface area contributed by atoms with Crippen molar-refractivity contribution in [2.24, 2.45) is 0 Å². The zero-order chi connectivity index (χ0) is 11.7. The van der Waals surface area contributed by atoms with Crippen molar-refractivity contribution >= 4 is 45.5 Å². The average Bonchev–Trinajstić information content (AvgIpc) is 2.68. The first-order valence-electron chi connectivity index (χ1n) is 4.41. The molecule has 0 spiro atoms. The van der Waals surface area contributed by atoms with Crippen LogP contribution < -0.4 is 0 Å². The molecule has 1 aromatic heterocycles. The molecule has 0 N–H and O–H groups in total. The first kappa shape index (κ1) is 12.3. The van der Waals surface area contributed by atoms with E-state index in [0.29, 0.717) is 5.56 Å². The molecule has 5 heteroatoms. The summed E-state index contributed by atoms with van der Waals surface area (Å²) in [5.41, 5.74) is 1.47. The molecule has 1 atom stereocenters. The highest BCUT2D eigenvalue weighted by atomic mass is 127. The predicted octanol–water partition coefficient (Wildman–Crippen LogP) is 4.96. The van der Waals surface area contributed by atoms with Gasteiger partial charge in [0.15, 0.2) is 11.6 Å². The molecule has 0 nitrogen and oxygen atoms in total. The quantitative estimate of drug-likeness (QED) is 0.518. The van der Waals surface area contributed by atoms with Crippen LogP contribution in [0.5, 0.6) is 0 Å². The largest absolute Gasteiger partial charge is 0.204 e. The fourth-order valence-electron chi connectivity index (χ4n) is 1.32. The number of hydrogen-bond donors (Lipinski definition) is 0. The smallest absolute Gasteiger partial charge is 0.159 e. The maximum absolute atomic E-state index is 13.0. The van der Waals surface area contributed by atoms with E-state index in [0.717, 1.165) is 20.6 Å². The SMILES string of the molecule is Fc1ccc(C(Cl)c2csc(I)c2)cc1F. The van der Waals surface area contributed by atoms with Crippen LogP contribution in [-0.4, -0.2) is 0 Å². The van der Waals surface area contributed by atoms with Gasteiger partial charge in [0.05, 0.1) is 8.26 Å². The Balaban J connectivity index is 2.33. The maximum Gasteiger partial charge on any atom is 0.159 e. The zero-order valence-corrected chi connectivity index (χ0v) is 11.6. The molecule has 2 aromatic rings. The minimum absolute atomic E-state index is 0.435. The number of alkyl halides is 1. The van der Waals surface area contributed by atoms with E-state index >= 15 is 0 Å². The maximum atomic E-state index is 13.0. The highest BCUT2D eigenvalue weighted by molar-refractivity contribution is 14.1. The first-order valence-corrected chi connectivity index (χ1v) is 6.80. The molecule has 1 unspecified atom stereocenters. The van der Waals surface area contributed by atoms with Crippen LogP contribution in [0.25, 0.3) is 0 Å². The van der Waals surface area contributed by atoms with Crippen LogP contribution in [0.4, 0.5) is 8.78 Å². The molecule has 0 aliphatic carbocycles. The lowest BCUT2D eigenvalue weighted by Crippen LogP contribution is -1.94. The van der Waals surface area contributed by atoms with Crippen LogP contribution in [0.1, 0.15) is 16.5 Å². The van der Waals surface area contributed by atoms with Gasteiger partial charge in [-0.1, -0.05) is 6.07 Å². The van der Waals surface area contributed by atoms with Crippen LogP contribution in [0, 0.1) is 14.5 Å². The fourth-order valence-corrected chi connectivity index (χ4v) is 3.05. The Hall–Kier alpha value is -0.200. The molecule has 0 saturated carbocycles. The summed E-state index contributed by atoms with van der Waals surface area (Å²) in [5, 5.41) is 1.48. The molecule has 2 rings (SSSR count). The lowest BCUT2D eigenvalue weighted by atomic mass is 10.1. The van der Waals surface area contributed by atoms with Crippen molar-refractivity contribution in [1.82, 2.24) is 0 Å². The van der Waals surface area contributed by atoms with Gasteiger partial charge in [0.2, 0.25) is 0 Å². The molecule has 0 fully saturated rings. The normalized spacial score (nSPS) is 12.8. The van der Waals surface area contributed by atoms with E-state index in [-0.39, 0.29) is 0 Å². The van der Waals surface area contributed by atoms with Crippen molar-refractivity contribution in [3.63, 3.8) is 0 Å². The average molecular weight is 371 g/mol. The summed E-state index contributed by atoms with van der Waals surface area (Å²) in [6.45, 7) is 0. The van der Waals surface area contributed by atoms with Crippen LogP contribution >= 0.6 is 45.5 Å². The predicted molar refractivity (Wildman–Crippen MR) is 71.1 cm³/mol. The zero-order valence-electron chi connectivity index (χ0n) is 7.88. The summed E-state index contributed by atoms with van der Waals surface area (Å²) < 4.78 is 26.9. The second-order valence-corrected chi connectivity index (χ2v) is 6.46. The van der Waals surface area contributed by atoms with Crippen LogP contribution in [-0.2, 0) is 0 Å². The minimum atomic E-state index is -0.868. The lowest BCUT2D eigenvalue weighted by molar-refractivity contribution is 0.507. The van der Waals surface area contributed by atoms with Gasteiger partial charge in [-0.3, -0.25) is 0 Å². The third-order valence-corrected chi connectivity index (χ3v) is 4.43. The van der Waals surface area contributed by atoms with Gasteiger partial charge in [-0.15, -0.1) is 22.9 Å². The van der Waals surface area contributed by atoms with Crippen molar-refractivity contribution in [1.29, 1.82) is 0 Å². The summed E-state index contributed by atoms with van der Waals surface area (Å²) in [6, 6.07) is 5.67. The Morgan fingerprint density at radius 2 is 1.88 bits per heavy atom. The van der Waals surface area contributed by atoms with Gasteiger partial charge >= 0.3 is 0 Å². The van der Waals surface area contributed by atoms with E-state index in [1.807, 2.05) is 11.4 Å². The molecule has 0 amide bonds. The second kappa shape index (κ2) is 4.98. The first-order chi connectivity index (χ1) is 7.58. The van der Waals surface area contributed by atoms with Gasteiger partial charge in [0.25, 0.3) is 0 Å². The lowest BCUT2D eigenvalue weighted by Gasteiger charge is -2.08. The Labute approximate surface area is 114 Å². The highest BCUT2D eigenvalue weighted by Gasteiger charge is 2.14. The van der Waals surface area contributed by atoms with E-state index in [1.165, 1.54) is 6.07 Å². The van der Waals surface area contributed by atoms with Gasteiger partial charge in [-0.25, -0.2) is 8.78 Å². The summed E-state index contributed by atoms with van der Waals surface area (Å²) in [5.74, 6) is -1.72. The van der Waals surface area contributed by atoms with Gasteiger partial charge in [0, 0.05) is 0 Å². The van der Waals surface area contributed by atoms with Crippen LogP contribution in [0.2, 0.25) is 0 Å². The van der Waals surface area contributed by atoms with Crippen molar-refractivity contribution in [2.75, 3.05) is 0 Å². The number of rotatable bonds is 2. The molecule has 0 aliphatic rings. The third-order valence-electron chi connectivity index (χ3n) is 2.12. The summed E-state index contributed by atoms with van der Waals surface area (Å²) in [4.78, 5) is 0. The van der Waals surface area contributed by atoms with E-state index in [4.69, 9.17) is 11.6 Å². The highest BCUT2D eigenvalue weighted by Crippen LogP contribution is 2.32. The molecule has 0 bridgehead atoms. The van der Waals surface area contributed by atoms with Crippen molar-refractivity contribution in [3.8, 4) is 0 Å². The van der Waals surface area contributed by atoms with E-state index < -0.39 is 17.0 Å². The molecule has 0 radical (unpaired) electrons. The molecule has 16 heavy (non-hydrogen) atoms. The van der Waals surface area contributed by atoms with Crippen molar-refractivity contribution in [2.45, 2.75) is 5.38 Å². The van der Waals surface area contributed by atoms with Gasteiger partial charge in [0.1, 0.15) is 0 Å². The van der Waals surface area contributed by atoms with Crippen molar-refractivity contribution < 1.29 is 8.78 Å². The Kier molecular flexibility index (Phi) is 3.81. The summed E-state index contributed by atoms with van der Waals surface area (Å²) in [6.07, 6.45) is 0. The van der Waals surface area contributed by atoms with Crippen LogP contribution in [0.15, 0.2) is 29.6 Å². The van der Waals surface area contributed by atoms with Crippen LogP contribution in [0.3, 0.4) is 0 Å². The molecular formula is C11H6ClF2IS. The van der Waals surface area contributed by atoms with Gasteiger partial charge < -0.3 is 0 Å². The molecule has 0 aliphatic heterocycles. The van der Waals surface area contributed by atoms with Crippen molar-refractivity contribution in [3.05, 3.63) is 55.3 Å². The summed E-state index contributed by atoms with van der Waals surface area (Å²) in [7, 11) is 0. The van der Waals surface area contributed by atoms with Gasteiger partial charge in [-0.05, 0) is 57.3 Å². The Morgan fingerprint density at radius 1 is 1.12 bits per heavy atom. The van der Waals surface area contributed by atoms with E-state index in [1.54, 1.807) is 11.3 Å². The number of hydrogen-bond acceptors (Lipinski definition) is 1. The fraction of sp³-hybridized carbons (Fsp3) is 0.0909. The minimum Gasteiger partial charge on any atom is -0.204 e. The Morgan fingerprint density at radius 3 is 2.44 bits per heavy atom. The molecule has 1 heterocycles. The topological polar surface area (TPSA) is 0 Å². The number of thiophene rings is 1. The van der Waals surface area contributed by atoms with E-state index in [9.17, 15) is 8.78 Å². The standard InChI is InChI=1S/C11H6ClF2IS/c12-11(7-4-10(15)16-5-7)6-1-2-8(13)9(14)3-6/h1-5,11H. The monoisotopic (exact) mass is 370 g/mol. The molecule has 1 aromatic carbocycles. The summed E-state index contributed by atoms with van der Waals surface area (Å²) >= 11 is 9.94. The molecule has 0 saturated heterocycles. The number of benzene rings is 1.